The number of carbonyl (C=O) groups excluding carboxylic acids is 1. The van der Waals surface area contributed by atoms with Crippen molar-refractivity contribution >= 4 is 24.6 Å². The van der Waals surface area contributed by atoms with Gasteiger partial charge in [-0.1, -0.05) is 60.7 Å². The van der Waals surface area contributed by atoms with Crippen LogP contribution in [0.2, 0.25) is 0 Å². The van der Waals surface area contributed by atoms with E-state index in [1.807, 2.05) is 48.5 Å². The average Bonchev–Trinajstić information content (AvgIpc) is 3.12. The van der Waals surface area contributed by atoms with Crippen LogP contribution in [0.1, 0.15) is 22.6 Å². The van der Waals surface area contributed by atoms with Gasteiger partial charge in [-0.2, -0.15) is 0 Å². The van der Waals surface area contributed by atoms with Crippen LogP contribution >= 0.6 is 0 Å². The fourth-order valence-electron chi connectivity index (χ4n) is 4.09. The van der Waals surface area contributed by atoms with E-state index in [1.54, 1.807) is 0 Å². The van der Waals surface area contributed by atoms with Crippen molar-refractivity contribution in [2.75, 3.05) is 6.61 Å². The first kappa shape index (κ1) is 22.5. The van der Waals surface area contributed by atoms with E-state index in [1.165, 1.54) is 12.1 Å². The van der Waals surface area contributed by atoms with Crippen molar-refractivity contribution in [3.05, 3.63) is 89.2 Å². The number of carboxylic acids is 1. The van der Waals surface area contributed by atoms with E-state index >= 15 is 0 Å². The average molecular weight is 449 g/mol. The van der Waals surface area contributed by atoms with Gasteiger partial charge in [0.1, 0.15) is 18.5 Å². The molecule has 0 radical (unpaired) electrons. The molecule has 168 valence electrons. The van der Waals surface area contributed by atoms with Crippen LogP contribution in [-0.4, -0.2) is 47.0 Å². The molecule has 1 aliphatic carbocycles. The van der Waals surface area contributed by atoms with Gasteiger partial charge in [0, 0.05) is 12.3 Å². The Bertz CT molecular complexity index is 1160. The van der Waals surface area contributed by atoms with Crippen LogP contribution in [0, 0.1) is 5.82 Å². The van der Waals surface area contributed by atoms with Gasteiger partial charge in [0.25, 0.3) is 0 Å². The highest BCUT2D eigenvalue weighted by Crippen LogP contribution is 2.44. The minimum atomic E-state index is -1.84. The molecular formula is C24H21BFNO6. The van der Waals surface area contributed by atoms with Crippen molar-refractivity contribution in [1.82, 2.24) is 5.32 Å². The first-order chi connectivity index (χ1) is 15.8. The third-order valence-electron chi connectivity index (χ3n) is 5.73. The van der Waals surface area contributed by atoms with Crippen LogP contribution in [0.5, 0.6) is 0 Å². The van der Waals surface area contributed by atoms with Crippen molar-refractivity contribution in [2.24, 2.45) is 0 Å². The summed E-state index contributed by atoms with van der Waals surface area (Å²) in [6.07, 6.45) is -1.26. The van der Waals surface area contributed by atoms with Crippen molar-refractivity contribution in [1.29, 1.82) is 0 Å². The second-order valence-electron chi connectivity index (χ2n) is 7.79. The number of fused-ring (bicyclic) bond motifs is 3. The number of benzene rings is 3. The second kappa shape index (κ2) is 9.44. The molecule has 0 spiro atoms. The van der Waals surface area contributed by atoms with E-state index in [0.717, 1.165) is 28.3 Å². The molecule has 0 aliphatic heterocycles. The summed E-state index contributed by atoms with van der Waals surface area (Å²) in [6.45, 7) is 0.0175. The first-order valence-corrected chi connectivity index (χ1v) is 10.3. The van der Waals surface area contributed by atoms with Crippen LogP contribution in [0.15, 0.2) is 66.7 Å². The van der Waals surface area contributed by atoms with Crippen LogP contribution in [0.4, 0.5) is 9.18 Å². The van der Waals surface area contributed by atoms with Gasteiger partial charge in [-0.05, 0) is 39.3 Å². The smallest absolute Gasteiger partial charge is 0.480 e. The minimum absolute atomic E-state index is 0.00532. The number of alkyl carbamates (subject to hydrolysis) is 1. The quantitative estimate of drug-likeness (QED) is 0.411. The number of aliphatic carboxylic acids is 1. The van der Waals surface area contributed by atoms with E-state index in [-0.39, 0.29) is 30.0 Å². The zero-order valence-electron chi connectivity index (χ0n) is 17.4. The third kappa shape index (κ3) is 4.74. The Kier molecular flexibility index (Phi) is 6.44. The summed E-state index contributed by atoms with van der Waals surface area (Å²) in [4.78, 5) is 24.0. The Morgan fingerprint density at radius 1 is 1.00 bits per heavy atom. The summed E-state index contributed by atoms with van der Waals surface area (Å²) >= 11 is 0. The number of carboxylic acid groups (broad SMARTS) is 1. The normalized spacial score (nSPS) is 13.1. The fraction of sp³-hybridized carbons (Fsp3) is 0.167. The number of hydrogen-bond donors (Lipinski definition) is 4. The van der Waals surface area contributed by atoms with Gasteiger partial charge in [-0.25, -0.2) is 14.0 Å². The zero-order valence-corrected chi connectivity index (χ0v) is 17.4. The molecule has 9 heteroatoms. The van der Waals surface area contributed by atoms with Crippen LogP contribution < -0.4 is 10.8 Å². The summed E-state index contributed by atoms with van der Waals surface area (Å²) in [6, 6.07) is 17.7. The Labute approximate surface area is 189 Å². The van der Waals surface area contributed by atoms with Gasteiger partial charge in [0.05, 0.1) is 0 Å². The number of hydrogen-bond acceptors (Lipinski definition) is 5. The molecule has 0 fully saturated rings. The summed E-state index contributed by atoms with van der Waals surface area (Å²) in [5.74, 6) is -2.34. The van der Waals surface area contributed by atoms with Crippen LogP contribution in [0.25, 0.3) is 11.1 Å². The topological polar surface area (TPSA) is 116 Å². The van der Waals surface area contributed by atoms with Gasteiger partial charge in [-0.15, -0.1) is 0 Å². The Morgan fingerprint density at radius 2 is 1.61 bits per heavy atom. The maximum absolute atomic E-state index is 14.2. The SMILES string of the molecule is O=C(N[C@@H](Cc1ccc(B(O)O)cc1F)C(=O)O)OCC1c2ccccc2-c2ccccc21. The van der Waals surface area contributed by atoms with Gasteiger partial charge < -0.3 is 25.2 Å². The van der Waals surface area contributed by atoms with Crippen molar-refractivity contribution in [3.8, 4) is 11.1 Å². The summed E-state index contributed by atoms with van der Waals surface area (Å²) in [7, 11) is -1.84. The molecule has 33 heavy (non-hydrogen) atoms. The lowest BCUT2D eigenvalue weighted by molar-refractivity contribution is -0.139. The van der Waals surface area contributed by atoms with Gasteiger partial charge in [0.15, 0.2) is 0 Å². The number of ether oxygens (including phenoxy) is 1. The van der Waals surface area contributed by atoms with Crippen molar-refractivity contribution in [2.45, 2.75) is 18.4 Å². The molecular weight excluding hydrogens is 428 g/mol. The first-order valence-electron chi connectivity index (χ1n) is 10.3. The van der Waals surface area contributed by atoms with Gasteiger partial charge in [0.2, 0.25) is 0 Å². The lowest BCUT2D eigenvalue weighted by atomic mass is 9.79. The van der Waals surface area contributed by atoms with Gasteiger partial charge in [-0.3, -0.25) is 0 Å². The highest BCUT2D eigenvalue weighted by atomic mass is 19.1. The van der Waals surface area contributed by atoms with Crippen LogP contribution in [0.3, 0.4) is 0 Å². The molecule has 0 saturated carbocycles. The number of carbonyl (C=O) groups is 2. The Balaban J connectivity index is 1.43. The number of halogens is 1. The number of rotatable bonds is 7. The van der Waals surface area contributed by atoms with Crippen molar-refractivity contribution < 1.29 is 33.9 Å². The molecule has 7 nitrogen and oxygen atoms in total. The zero-order chi connectivity index (χ0) is 23.5. The predicted molar refractivity (Wildman–Crippen MR) is 120 cm³/mol. The molecule has 0 heterocycles. The monoisotopic (exact) mass is 449 g/mol. The van der Waals surface area contributed by atoms with E-state index in [0.29, 0.717) is 0 Å². The standard InChI is InChI=1S/C24H21BFNO6/c26-21-12-15(25(31)32)10-9-14(21)11-22(23(28)29)27-24(30)33-13-20-18-7-3-1-5-16(18)17-6-2-4-8-19(17)20/h1-10,12,20,22,31-32H,11,13H2,(H,27,30)(H,28,29)/t22-/m0/s1. The van der Waals surface area contributed by atoms with Crippen molar-refractivity contribution in [3.63, 3.8) is 0 Å². The Morgan fingerprint density at radius 3 is 2.15 bits per heavy atom. The van der Waals surface area contributed by atoms with E-state index in [4.69, 9.17) is 14.8 Å². The minimum Gasteiger partial charge on any atom is -0.480 e. The summed E-state index contributed by atoms with van der Waals surface area (Å²) < 4.78 is 19.6. The molecule has 0 bridgehead atoms. The lowest BCUT2D eigenvalue weighted by Gasteiger charge is -2.18. The Hall–Kier alpha value is -3.69. The lowest BCUT2D eigenvalue weighted by Crippen LogP contribution is -2.43. The number of amides is 1. The highest BCUT2D eigenvalue weighted by Gasteiger charge is 2.30. The molecule has 0 unspecified atom stereocenters. The maximum Gasteiger partial charge on any atom is 0.488 e. The predicted octanol–water partition coefficient (Wildman–Crippen LogP) is 2.04. The van der Waals surface area contributed by atoms with E-state index < -0.39 is 31.0 Å². The molecule has 4 rings (SSSR count). The molecule has 1 atom stereocenters. The summed E-state index contributed by atoms with van der Waals surface area (Å²) in [5, 5.41) is 30.0. The largest absolute Gasteiger partial charge is 0.488 e. The summed E-state index contributed by atoms with van der Waals surface area (Å²) in [5.41, 5.74) is 4.12. The highest BCUT2D eigenvalue weighted by molar-refractivity contribution is 6.58. The van der Waals surface area contributed by atoms with Gasteiger partial charge >= 0.3 is 19.2 Å². The third-order valence-corrected chi connectivity index (χ3v) is 5.73. The molecule has 1 amide bonds. The molecule has 1 aliphatic rings. The maximum atomic E-state index is 14.2. The molecule has 4 N–H and O–H groups in total. The molecule has 3 aromatic rings. The number of nitrogens with one attached hydrogen (secondary N) is 1. The molecule has 0 aromatic heterocycles. The fourth-order valence-corrected chi connectivity index (χ4v) is 4.09. The molecule has 3 aromatic carbocycles. The van der Waals surface area contributed by atoms with E-state index in [9.17, 15) is 19.1 Å². The molecule has 0 saturated heterocycles. The second-order valence-corrected chi connectivity index (χ2v) is 7.79. The van der Waals surface area contributed by atoms with E-state index in [2.05, 4.69) is 5.32 Å². The van der Waals surface area contributed by atoms with Crippen LogP contribution in [-0.2, 0) is 16.0 Å².